The third kappa shape index (κ3) is 2.18. The topological polar surface area (TPSA) is 40.6 Å². The molecule has 4 nitrogen and oxygen atoms in total. The second kappa shape index (κ2) is 4.78. The molecule has 96 valence electrons. The molecule has 0 aromatic heterocycles. The number of benzene rings is 1. The lowest BCUT2D eigenvalue weighted by Gasteiger charge is -2.35. The zero-order chi connectivity index (χ0) is 13.4. The highest BCUT2D eigenvalue weighted by atomic mass is 35.5. The van der Waals surface area contributed by atoms with Crippen LogP contribution in [0.1, 0.15) is 6.92 Å². The van der Waals surface area contributed by atoms with Gasteiger partial charge in [-0.3, -0.25) is 4.79 Å². The summed E-state index contributed by atoms with van der Waals surface area (Å²) >= 11 is 11.7. The Balaban J connectivity index is 2.43. The van der Waals surface area contributed by atoms with Gasteiger partial charge in [-0.15, -0.1) is 0 Å². The number of nitrogens with zero attached hydrogens (tertiary/aromatic N) is 2. The van der Waals surface area contributed by atoms with Crippen LogP contribution in [0.5, 0.6) is 0 Å². The molecule has 1 unspecified atom stereocenters. The predicted octanol–water partition coefficient (Wildman–Crippen LogP) is 3.03. The first-order chi connectivity index (χ1) is 8.41. The summed E-state index contributed by atoms with van der Waals surface area (Å²) in [4.78, 5) is 26.8. The molecule has 1 fully saturated rings. The first-order valence-corrected chi connectivity index (χ1v) is 6.21. The Morgan fingerprint density at radius 1 is 1.22 bits per heavy atom. The molecule has 18 heavy (non-hydrogen) atoms. The van der Waals surface area contributed by atoms with Crippen LogP contribution in [0, 0.1) is 5.92 Å². The van der Waals surface area contributed by atoms with Crippen molar-refractivity contribution in [3.8, 4) is 0 Å². The molecule has 1 atom stereocenters. The van der Waals surface area contributed by atoms with Crippen LogP contribution < -0.4 is 4.90 Å². The molecule has 2 rings (SSSR count). The van der Waals surface area contributed by atoms with Crippen LogP contribution in [0.25, 0.3) is 0 Å². The Morgan fingerprint density at radius 3 is 2.50 bits per heavy atom. The average Bonchev–Trinajstić information content (AvgIpc) is 2.31. The average molecular weight is 287 g/mol. The molecule has 0 radical (unpaired) electrons. The molecule has 1 aliphatic heterocycles. The molecule has 6 heteroatoms. The molecule has 0 bridgehead atoms. The summed E-state index contributed by atoms with van der Waals surface area (Å²) in [6.07, 6.45) is 0. The van der Waals surface area contributed by atoms with Crippen LogP contribution in [0.2, 0.25) is 10.0 Å². The number of anilines is 1. The van der Waals surface area contributed by atoms with Crippen molar-refractivity contribution < 1.29 is 9.59 Å². The highest BCUT2D eigenvalue weighted by Crippen LogP contribution is 2.29. The zero-order valence-electron chi connectivity index (χ0n) is 9.98. The molecule has 0 aliphatic carbocycles. The van der Waals surface area contributed by atoms with Gasteiger partial charge in [-0.1, -0.05) is 30.1 Å². The van der Waals surface area contributed by atoms with Crippen molar-refractivity contribution in [1.82, 2.24) is 4.90 Å². The Labute approximate surface area is 115 Å². The smallest absolute Gasteiger partial charge is 0.326 e. The Morgan fingerprint density at radius 2 is 1.89 bits per heavy atom. The van der Waals surface area contributed by atoms with Gasteiger partial charge >= 0.3 is 6.03 Å². The maximum Gasteiger partial charge on any atom is 0.331 e. The minimum Gasteiger partial charge on any atom is -0.326 e. The SMILES string of the molecule is CC1CN(C)C(=O)N(c2ccc(Cl)c(Cl)c2)C1=O. The Bertz CT molecular complexity index is 499. The summed E-state index contributed by atoms with van der Waals surface area (Å²) < 4.78 is 0. The Hall–Kier alpha value is -1.26. The predicted molar refractivity (Wildman–Crippen MR) is 71.1 cm³/mol. The van der Waals surface area contributed by atoms with E-state index in [1.807, 2.05) is 0 Å². The van der Waals surface area contributed by atoms with E-state index < -0.39 is 0 Å². The lowest BCUT2D eigenvalue weighted by molar-refractivity contribution is -0.122. The third-order valence-electron chi connectivity index (χ3n) is 2.87. The molecule has 0 saturated carbocycles. The molecule has 0 spiro atoms. The maximum atomic E-state index is 12.1. The van der Waals surface area contributed by atoms with E-state index >= 15 is 0 Å². The summed E-state index contributed by atoms with van der Waals surface area (Å²) in [6.45, 7) is 2.21. The fraction of sp³-hybridized carbons (Fsp3) is 0.333. The van der Waals surface area contributed by atoms with Gasteiger partial charge < -0.3 is 4.90 Å². The highest BCUT2D eigenvalue weighted by Gasteiger charge is 2.36. The lowest BCUT2D eigenvalue weighted by atomic mass is 10.1. The van der Waals surface area contributed by atoms with E-state index in [0.717, 1.165) is 4.90 Å². The van der Waals surface area contributed by atoms with Crippen LogP contribution in [0.3, 0.4) is 0 Å². The maximum absolute atomic E-state index is 12.1. The van der Waals surface area contributed by atoms with Gasteiger partial charge in [0.2, 0.25) is 5.91 Å². The molecule has 3 amide bonds. The number of rotatable bonds is 1. The molecular weight excluding hydrogens is 275 g/mol. The normalized spacial score (nSPS) is 20.6. The van der Waals surface area contributed by atoms with Gasteiger partial charge in [-0.05, 0) is 18.2 Å². The van der Waals surface area contributed by atoms with E-state index in [4.69, 9.17) is 23.2 Å². The van der Waals surface area contributed by atoms with Gasteiger partial charge in [-0.2, -0.15) is 0 Å². The first kappa shape index (κ1) is 13.2. The van der Waals surface area contributed by atoms with E-state index in [0.29, 0.717) is 22.3 Å². The van der Waals surface area contributed by atoms with Gasteiger partial charge in [0.05, 0.1) is 21.7 Å². The fourth-order valence-corrected chi connectivity index (χ4v) is 2.21. The summed E-state index contributed by atoms with van der Waals surface area (Å²) in [6, 6.07) is 4.34. The summed E-state index contributed by atoms with van der Waals surface area (Å²) in [7, 11) is 1.66. The number of carbonyl (C=O) groups is 2. The molecule has 0 N–H and O–H groups in total. The monoisotopic (exact) mass is 286 g/mol. The van der Waals surface area contributed by atoms with Crippen molar-refractivity contribution in [3.63, 3.8) is 0 Å². The summed E-state index contributed by atoms with van der Waals surface area (Å²) in [5.41, 5.74) is 0.442. The highest BCUT2D eigenvalue weighted by molar-refractivity contribution is 6.42. The van der Waals surface area contributed by atoms with E-state index in [-0.39, 0.29) is 17.9 Å². The number of urea groups is 1. The number of imide groups is 1. The second-order valence-corrected chi connectivity index (χ2v) is 5.15. The minimum absolute atomic E-state index is 0.225. The molecular formula is C12H12Cl2N2O2. The van der Waals surface area contributed by atoms with Gasteiger partial charge in [0, 0.05) is 13.6 Å². The van der Waals surface area contributed by atoms with Gasteiger partial charge in [0.25, 0.3) is 0 Å². The van der Waals surface area contributed by atoms with Crippen molar-refractivity contribution in [2.75, 3.05) is 18.5 Å². The van der Waals surface area contributed by atoms with Crippen LogP contribution in [-0.2, 0) is 4.79 Å². The van der Waals surface area contributed by atoms with Gasteiger partial charge in [-0.25, -0.2) is 9.69 Å². The van der Waals surface area contributed by atoms with Crippen molar-refractivity contribution in [2.45, 2.75) is 6.92 Å². The zero-order valence-corrected chi connectivity index (χ0v) is 11.5. The first-order valence-electron chi connectivity index (χ1n) is 5.46. The van der Waals surface area contributed by atoms with Gasteiger partial charge in [0.15, 0.2) is 0 Å². The second-order valence-electron chi connectivity index (χ2n) is 4.34. The minimum atomic E-state index is -0.350. The van der Waals surface area contributed by atoms with E-state index in [9.17, 15) is 9.59 Å². The standard InChI is InChI=1S/C12H12Cl2N2O2/c1-7-6-15(2)12(18)16(11(7)17)8-3-4-9(13)10(14)5-8/h3-5,7H,6H2,1-2H3. The fourth-order valence-electron chi connectivity index (χ4n) is 1.91. The van der Waals surface area contributed by atoms with Crippen LogP contribution in [0.15, 0.2) is 18.2 Å². The Kier molecular flexibility index (Phi) is 3.50. The van der Waals surface area contributed by atoms with Crippen molar-refractivity contribution in [3.05, 3.63) is 28.2 Å². The molecule has 1 aromatic carbocycles. The number of hydrogen-bond donors (Lipinski definition) is 0. The molecule has 1 heterocycles. The molecule has 1 aliphatic rings. The van der Waals surface area contributed by atoms with E-state index in [1.54, 1.807) is 26.1 Å². The lowest BCUT2D eigenvalue weighted by Crippen LogP contribution is -2.54. The van der Waals surface area contributed by atoms with Crippen molar-refractivity contribution in [2.24, 2.45) is 5.92 Å². The number of halogens is 2. The summed E-state index contributed by atoms with van der Waals surface area (Å²) in [5, 5.41) is 0.703. The number of hydrogen-bond acceptors (Lipinski definition) is 2. The van der Waals surface area contributed by atoms with Crippen LogP contribution in [-0.4, -0.2) is 30.4 Å². The summed E-state index contributed by atoms with van der Waals surface area (Å²) in [5.74, 6) is -0.460. The van der Waals surface area contributed by atoms with Crippen LogP contribution in [0.4, 0.5) is 10.5 Å². The van der Waals surface area contributed by atoms with E-state index in [1.165, 1.54) is 11.0 Å². The van der Waals surface area contributed by atoms with Crippen molar-refractivity contribution in [1.29, 1.82) is 0 Å². The van der Waals surface area contributed by atoms with E-state index in [2.05, 4.69) is 0 Å². The quantitative estimate of drug-likeness (QED) is 0.796. The number of carbonyl (C=O) groups excluding carboxylic acids is 2. The van der Waals surface area contributed by atoms with Gasteiger partial charge in [0.1, 0.15) is 0 Å². The molecule has 1 saturated heterocycles. The number of amides is 3. The third-order valence-corrected chi connectivity index (χ3v) is 3.61. The van der Waals surface area contributed by atoms with Crippen molar-refractivity contribution >= 4 is 40.8 Å². The largest absolute Gasteiger partial charge is 0.331 e. The molecule has 1 aromatic rings. The van der Waals surface area contributed by atoms with Crippen LogP contribution >= 0.6 is 23.2 Å².